The number of hydrazine groups is 1. The van der Waals surface area contributed by atoms with Gasteiger partial charge in [-0.1, -0.05) is 19.9 Å². The van der Waals surface area contributed by atoms with Crippen molar-refractivity contribution in [3.8, 4) is 0 Å². The second-order valence-electron chi connectivity index (χ2n) is 7.98. The minimum Gasteiger partial charge on any atom is -0.313 e. The number of thiophene rings is 1. The fourth-order valence-electron chi connectivity index (χ4n) is 3.57. The van der Waals surface area contributed by atoms with E-state index < -0.39 is 0 Å². The first-order chi connectivity index (χ1) is 12.2. The van der Waals surface area contributed by atoms with Crippen LogP contribution in [0.1, 0.15) is 43.7 Å². The molecule has 2 N–H and O–H groups in total. The van der Waals surface area contributed by atoms with Crippen LogP contribution in [-0.2, 0) is 5.41 Å². The summed E-state index contributed by atoms with van der Waals surface area (Å²) >= 11 is 1.77. The van der Waals surface area contributed by atoms with Gasteiger partial charge in [0.25, 0.3) is 0 Å². The highest BCUT2D eigenvalue weighted by Gasteiger charge is 2.44. The van der Waals surface area contributed by atoms with Crippen molar-refractivity contribution < 1.29 is 0 Å². The molecule has 0 fully saturated rings. The van der Waals surface area contributed by atoms with Crippen LogP contribution in [0.15, 0.2) is 46.9 Å². The Morgan fingerprint density at radius 3 is 2.58 bits per heavy atom. The summed E-state index contributed by atoms with van der Waals surface area (Å²) in [4.78, 5) is 10.9. The molecule has 0 radical (unpaired) electrons. The predicted molar refractivity (Wildman–Crippen MR) is 111 cm³/mol. The van der Waals surface area contributed by atoms with Gasteiger partial charge in [0.15, 0.2) is 0 Å². The molecule has 0 aliphatic carbocycles. The van der Waals surface area contributed by atoms with Gasteiger partial charge in [-0.3, -0.25) is 9.98 Å². The molecule has 0 unspecified atom stereocenters. The predicted octanol–water partition coefficient (Wildman–Crippen LogP) is 4.51. The van der Waals surface area contributed by atoms with Gasteiger partial charge in [-0.05, 0) is 49.1 Å². The maximum Gasteiger partial charge on any atom is 0.0828 e. The number of nitrogens with zero attached hydrogens (tertiary/aromatic N) is 3. The van der Waals surface area contributed by atoms with Crippen LogP contribution in [-0.4, -0.2) is 23.3 Å². The molecule has 0 saturated carbocycles. The van der Waals surface area contributed by atoms with Gasteiger partial charge in [0.2, 0.25) is 0 Å². The van der Waals surface area contributed by atoms with E-state index in [1.165, 1.54) is 10.4 Å². The van der Waals surface area contributed by atoms with Gasteiger partial charge in [0, 0.05) is 29.6 Å². The van der Waals surface area contributed by atoms with Gasteiger partial charge in [-0.15, -0.1) is 11.3 Å². The molecule has 5 heteroatoms. The van der Waals surface area contributed by atoms with E-state index in [9.17, 15) is 0 Å². The van der Waals surface area contributed by atoms with Crippen LogP contribution in [0.3, 0.4) is 0 Å². The number of anilines is 1. The molecule has 4 nitrogen and oxygen atoms in total. The van der Waals surface area contributed by atoms with Crippen molar-refractivity contribution in [3.63, 3.8) is 0 Å². The number of fused-ring (bicyclic) bond motifs is 2. The Balaban J connectivity index is 1.96. The Morgan fingerprint density at radius 2 is 1.85 bits per heavy atom. The zero-order valence-corrected chi connectivity index (χ0v) is 16.7. The number of aromatic nitrogens is 1. The molecule has 0 saturated heterocycles. The van der Waals surface area contributed by atoms with Crippen LogP contribution in [0.25, 0.3) is 10.9 Å². The number of hydrogen-bond donors (Lipinski definition) is 1. The Hall–Kier alpha value is -2.24. The van der Waals surface area contributed by atoms with E-state index in [2.05, 4.69) is 62.3 Å². The highest BCUT2D eigenvalue weighted by Crippen LogP contribution is 2.45. The quantitative estimate of drug-likeness (QED) is 0.537. The SMILES string of the molecule is CN(N)c1ccnc2ccc(C3=NC(C)(C)C(C)(C)c4ccsc43)cc12. The second kappa shape index (κ2) is 5.63. The third-order valence-electron chi connectivity index (χ3n) is 5.85. The Bertz CT molecular complexity index is 1030. The van der Waals surface area contributed by atoms with E-state index >= 15 is 0 Å². The number of nitrogens with two attached hydrogens (primary N) is 1. The standard InChI is InChI=1S/C21H24N4S/c1-20(2)15-9-11-26-19(15)18(24-21(20,3)4)13-6-7-16-14(12-13)17(25(5)22)8-10-23-16/h6-12H,22H2,1-5H3. The summed E-state index contributed by atoms with van der Waals surface area (Å²) in [6.07, 6.45) is 1.79. The lowest BCUT2D eigenvalue weighted by Crippen LogP contribution is -2.45. The minimum absolute atomic E-state index is 0.00707. The molecule has 2 aromatic heterocycles. The van der Waals surface area contributed by atoms with Gasteiger partial charge in [0.1, 0.15) is 0 Å². The first-order valence-electron chi connectivity index (χ1n) is 8.78. The average Bonchev–Trinajstić information content (AvgIpc) is 3.08. The molecule has 134 valence electrons. The summed E-state index contributed by atoms with van der Waals surface area (Å²) in [7, 11) is 1.85. The largest absolute Gasteiger partial charge is 0.313 e. The third-order valence-corrected chi connectivity index (χ3v) is 6.77. The summed E-state index contributed by atoms with van der Waals surface area (Å²) in [6, 6.07) is 10.5. The normalized spacial score (nSPS) is 17.7. The van der Waals surface area contributed by atoms with Gasteiger partial charge < -0.3 is 5.01 Å². The van der Waals surface area contributed by atoms with Crippen LogP contribution in [0.2, 0.25) is 0 Å². The molecule has 26 heavy (non-hydrogen) atoms. The van der Waals surface area contributed by atoms with Crippen molar-refractivity contribution in [2.75, 3.05) is 12.1 Å². The Kier molecular flexibility index (Phi) is 3.72. The van der Waals surface area contributed by atoms with E-state index in [4.69, 9.17) is 10.8 Å². The van der Waals surface area contributed by atoms with Gasteiger partial charge in [-0.2, -0.15) is 0 Å². The van der Waals surface area contributed by atoms with Crippen molar-refractivity contribution in [2.45, 2.75) is 38.6 Å². The molecular weight excluding hydrogens is 340 g/mol. The number of hydrogen-bond acceptors (Lipinski definition) is 5. The van der Waals surface area contributed by atoms with Gasteiger partial charge in [0.05, 0.1) is 27.3 Å². The molecule has 0 atom stereocenters. The number of pyridine rings is 1. The topological polar surface area (TPSA) is 54.5 Å². The molecule has 1 aliphatic rings. The molecule has 1 aliphatic heterocycles. The maximum atomic E-state index is 6.02. The highest BCUT2D eigenvalue weighted by atomic mass is 32.1. The smallest absolute Gasteiger partial charge is 0.0828 e. The molecule has 4 rings (SSSR count). The fourth-order valence-corrected chi connectivity index (χ4v) is 4.63. The number of benzene rings is 1. The second-order valence-corrected chi connectivity index (χ2v) is 8.90. The monoisotopic (exact) mass is 364 g/mol. The maximum absolute atomic E-state index is 6.02. The fraction of sp³-hybridized carbons (Fsp3) is 0.333. The summed E-state index contributed by atoms with van der Waals surface area (Å²) in [5, 5.41) is 4.85. The lowest BCUT2D eigenvalue weighted by molar-refractivity contribution is 0.305. The lowest BCUT2D eigenvalue weighted by Gasteiger charge is -2.43. The Morgan fingerprint density at radius 1 is 1.08 bits per heavy atom. The minimum atomic E-state index is -0.187. The molecule has 1 aromatic carbocycles. The average molecular weight is 365 g/mol. The van der Waals surface area contributed by atoms with Crippen molar-refractivity contribution in [2.24, 2.45) is 10.8 Å². The van der Waals surface area contributed by atoms with E-state index in [-0.39, 0.29) is 11.0 Å². The van der Waals surface area contributed by atoms with Gasteiger partial charge >= 0.3 is 0 Å². The first kappa shape index (κ1) is 17.2. The third kappa shape index (κ3) is 2.38. The molecule has 0 bridgehead atoms. The van der Waals surface area contributed by atoms with Crippen LogP contribution in [0.5, 0.6) is 0 Å². The lowest BCUT2D eigenvalue weighted by atomic mass is 9.67. The van der Waals surface area contributed by atoms with Crippen LogP contribution < -0.4 is 10.9 Å². The van der Waals surface area contributed by atoms with Crippen LogP contribution >= 0.6 is 11.3 Å². The summed E-state index contributed by atoms with van der Waals surface area (Å²) in [5.74, 6) is 6.02. The van der Waals surface area contributed by atoms with E-state index in [0.29, 0.717) is 0 Å². The summed E-state index contributed by atoms with van der Waals surface area (Å²) in [5.41, 5.74) is 5.25. The molecule has 3 heterocycles. The van der Waals surface area contributed by atoms with Gasteiger partial charge in [-0.25, -0.2) is 5.84 Å². The zero-order chi connectivity index (χ0) is 18.7. The number of aliphatic imine (C=N–C) groups is 1. The van der Waals surface area contributed by atoms with Crippen molar-refractivity contribution in [1.29, 1.82) is 0 Å². The molecule has 3 aromatic rings. The van der Waals surface area contributed by atoms with Crippen molar-refractivity contribution in [1.82, 2.24) is 4.98 Å². The molecule has 0 spiro atoms. The zero-order valence-electron chi connectivity index (χ0n) is 15.9. The van der Waals surface area contributed by atoms with Crippen LogP contribution in [0.4, 0.5) is 5.69 Å². The number of rotatable bonds is 2. The molecule has 0 amide bonds. The highest BCUT2D eigenvalue weighted by molar-refractivity contribution is 7.12. The molecular formula is C21H24N4S. The van der Waals surface area contributed by atoms with Crippen LogP contribution in [0, 0.1) is 0 Å². The summed E-state index contributed by atoms with van der Waals surface area (Å²) < 4.78 is 0. The Labute approximate surface area is 158 Å². The van der Waals surface area contributed by atoms with Crippen molar-refractivity contribution in [3.05, 3.63) is 57.9 Å². The van der Waals surface area contributed by atoms with E-state index in [1.807, 2.05) is 13.1 Å². The van der Waals surface area contributed by atoms with E-state index in [0.717, 1.165) is 27.9 Å². The summed E-state index contributed by atoms with van der Waals surface area (Å²) in [6.45, 7) is 9.00. The van der Waals surface area contributed by atoms with Crippen molar-refractivity contribution >= 4 is 33.6 Å². The first-order valence-corrected chi connectivity index (χ1v) is 9.66. The van der Waals surface area contributed by atoms with E-state index in [1.54, 1.807) is 22.5 Å².